The number of imide groups is 1. The summed E-state index contributed by atoms with van der Waals surface area (Å²) in [7, 11) is 1.44. The first-order chi connectivity index (χ1) is 12.9. The molecule has 0 atom stereocenters. The molecule has 0 saturated carbocycles. The Kier molecular flexibility index (Phi) is 5.00. The molecule has 27 heavy (non-hydrogen) atoms. The zero-order chi connectivity index (χ0) is 19.6. The van der Waals surface area contributed by atoms with E-state index in [-0.39, 0.29) is 17.1 Å². The zero-order valence-electron chi connectivity index (χ0n) is 14.0. The van der Waals surface area contributed by atoms with Gasteiger partial charge in [0.15, 0.2) is 0 Å². The zero-order valence-corrected chi connectivity index (χ0v) is 14.8. The molecule has 0 aliphatic carbocycles. The van der Waals surface area contributed by atoms with Gasteiger partial charge in [0.2, 0.25) is 0 Å². The molecule has 8 nitrogen and oxygen atoms in total. The van der Waals surface area contributed by atoms with E-state index in [0.29, 0.717) is 22.8 Å². The predicted octanol–water partition coefficient (Wildman–Crippen LogP) is 3.53. The van der Waals surface area contributed by atoms with E-state index in [2.05, 4.69) is 5.92 Å². The Bertz CT molecular complexity index is 1020. The van der Waals surface area contributed by atoms with Gasteiger partial charge < -0.3 is 9.15 Å². The fourth-order valence-electron chi connectivity index (χ4n) is 2.43. The Morgan fingerprint density at radius 2 is 2.15 bits per heavy atom. The van der Waals surface area contributed by atoms with Gasteiger partial charge in [-0.15, -0.1) is 6.42 Å². The van der Waals surface area contributed by atoms with Gasteiger partial charge in [-0.25, -0.2) is 0 Å². The van der Waals surface area contributed by atoms with E-state index < -0.39 is 16.1 Å². The number of terminal acetylenes is 1. The lowest BCUT2D eigenvalue weighted by atomic mass is 10.1. The largest absolute Gasteiger partial charge is 0.496 e. The summed E-state index contributed by atoms with van der Waals surface area (Å²) in [6.45, 7) is -0.101. The van der Waals surface area contributed by atoms with E-state index in [0.717, 1.165) is 16.7 Å². The van der Waals surface area contributed by atoms with Crippen LogP contribution in [0.2, 0.25) is 0 Å². The molecule has 1 aromatic carbocycles. The van der Waals surface area contributed by atoms with Crippen LogP contribution in [-0.4, -0.2) is 34.6 Å². The molecule has 2 amide bonds. The lowest BCUT2D eigenvalue weighted by Crippen LogP contribution is -2.28. The van der Waals surface area contributed by atoms with Crippen LogP contribution in [0.3, 0.4) is 0 Å². The molecule has 1 fully saturated rings. The van der Waals surface area contributed by atoms with Crippen molar-refractivity contribution in [3.63, 3.8) is 0 Å². The molecule has 0 unspecified atom stereocenters. The average molecular weight is 384 g/mol. The van der Waals surface area contributed by atoms with Crippen LogP contribution >= 0.6 is 11.8 Å². The van der Waals surface area contributed by atoms with E-state index in [1.165, 1.54) is 31.4 Å². The van der Waals surface area contributed by atoms with Crippen molar-refractivity contribution in [3.05, 3.63) is 51.1 Å². The molecular formula is C18H12N2O6S. The van der Waals surface area contributed by atoms with Crippen LogP contribution in [0.5, 0.6) is 5.75 Å². The summed E-state index contributed by atoms with van der Waals surface area (Å²) in [5.74, 6) is 2.80. The second-order valence-electron chi connectivity index (χ2n) is 5.32. The number of amides is 2. The van der Waals surface area contributed by atoms with Crippen molar-refractivity contribution in [2.45, 2.75) is 0 Å². The number of benzene rings is 1. The number of rotatable bonds is 5. The Balaban J connectivity index is 1.93. The van der Waals surface area contributed by atoms with Gasteiger partial charge in [0, 0.05) is 18.2 Å². The van der Waals surface area contributed by atoms with E-state index in [4.69, 9.17) is 15.6 Å². The Morgan fingerprint density at radius 1 is 1.37 bits per heavy atom. The molecule has 2 heterocycles. The number of methoxy groups -OCH3 is 1. The minimum absolute atomic E-state index is 0.101. The van der Waals surface area contributed by atoms with Crippen molar-refractivity contribution in [1.82, 2.24) is 4.90 Å². The monoisotopic (exact) mass is 384 g/mol. The van der Waals surface area contributed by atoms with Crippen LogP contribution in [0.15, 0.2) is 39.7 Å². The summed E-state index contributed by atoms with van der Waals surface area (Å²) in [6, 6.07) is 7.32. The molecule has 1 aromatic heterocycles. The number of hydrogen-bond donors (Lipinski definition) is 0. The molecular weight excluding hydrogens is 372 g/mol. The average Bonchev–Trinajstić information content (AvgIpc) is 3.22. The van der Waals surface area contributed by atoms with Gasteiger partial charge >= 0.3 is 0 Å². The molecule has 3 rings (SSSR count). The molecule has 1 saturated heterocycles. The summed E-state index contributed by atoms with van der Waals surface area (Å²) < 4.78 is 10.9. The number of nitro groups is 1. The molecule has 2 aromatic rings. The van der Waals surface area contributed by atoms with Crippen LogP contribution in [0, 0.1) is 22.5 Å². The standard InChI is InChI=1S/C18H12N2O6S/c1-3-8-19-17(21)16(27-18(19)22)10-12-5-7-15(26-12)13-9-11(20(23)24)4-6-14(13)25-2/h1,4-7,9-10H,8H2,2H3/b16-10-. The molecule has 0 N–H and O–H groups in total. The van der Waals surface area contributed by atoms with Crippen molar-refractivity contribution < 1.29 is 23.7 Å². The molecule has 0 radical (unpaired) electrons. The maximum atomic E-state index is 12.2. The van der Waals surface area contributed by atoms with Crippen LogP contribution < -0.4 is 4.74 Å². The molecule has 9 heteroatoms. The van der Waals surface area contributed by atoms with Crippen LogP contribution in [0.25, 0.3) is 17.4 Å². The summed E-state index contributed by atoms with van der Waals surface area (Å²) in [5.41, 5.74) is 0.283. The highest BCUT2D eigenvalue weighted by Crippen LogP contribution is 2.36. The van der Waals surface area contributed by atoms with Crippen molar-refractivity contribution in [2.24, 2.45) is 0 Å². The first-order valence-electron chi connectivity index (χ1n) is 7.56. The minimum Gasteiger partial charge on any atom is -0.496 e. The third kappa shape index (κ3) is 3.56. The Morgan fingerprint density at radius 3 is 2.81 bits per heavy atom. The lowest BCUT2D eigenvalue weighted by Gasteiger charge is -2.06. The number of thioether (sulfide) groups is 1. The topological polar surface area (TPSA) is 103 Å². The van der Waals surface area contributed by atoms with Gasteiger partial charge in [0.05, 0.1) is 29.0 Å². The summed E-state index contributed by atoms with van der Waals surface area (Å²) >= 11 is 0.765. The number of carbonyl (C=O) groups is 2. The van der Waals surface area contributed by atoms with Crippen LogP contribution in [-0.2, 0) is 4.79 Å². The van der Waals surface area contributed by atoms with Gasteiger partial charge in [-0.2, -0.15) is 0 Å². The number of non-ortho nitro benzene ring substituents is 1. The Labute approximate surface area is 157 Å². The van der Waals surface area contributed by atoms with Crippen LogP contribution in [0.4, 0.5) is 10.5 Å². The summed E-state index contributed by atoms with van der Waals surface area (Å²) in [5, 5.41) is 10.6. The molecule has 136 valence electrons. The molecule has 0 bridgehead atoms. The number of ether oxygens (including phenoxy) is 1. The van der Waals surface area contributed by atoms with Gasteiger partial charge in [-0.1, -0.05) is 5.92 Å². The Hall–Kier alpha value is -3.51. The second kappa shape index (κ2) is 7.39. The van der Waals surface area contributed by atoms with Crippen LogP contribution in [0.1, 0.15) is 5.76 Å². The first kappa shape index (κ1) is 18.3. The van der Waals surface area contributed by atoms with Crippen molar-refractivity contribution >= 4 is 34.7 Å². The molecule has 1 aliphatic heterocycles. The quantitative estimate of drug-likeness (QED) is 0.336. The third-order valence-corrected chi connectivity index (χ3v) is 4.59. The van der Waals surface area contributed by atoms with Gasteiger partial charge in [0.25, 0.3) is 16.8 Å². The highest BCUT2D eigenvalue weighted by atomic mass is 32.2. The number of hydrogen-bond acceptors (Lipinski definition) is 7. The highest BCUT2D eigenvalue weighted by molar-refractivity contribution is 8.18. The lowest BCUT2D eigenvalue weighted by molar-refractivity contribution is -0.384. The van der Waals surface area contributed by atoms with Gasteiger partial charge in [-0.05, 0) is 30.0 Å². The van der Waals surface area contributed by atoms with Crippen molar-refractivity contribution in [2.75, 3.05) is 13.7 Å². The van der Waals surface area contributed by atoms with Crippen molar-refractivity contribution in [1.29, 1.82) is 0 Å². The first-order valence-corrected chi connectivity index (χ1v) is 8.37. The minimum atomic E-state index is -0.520. The number of carbonyl (C=O) groups excluding carboxylic acids is 2. The molecule has 1 aliphatic rings. The van der Waals surface area contributed by atoms with Gasteiger partial charge in [0.1, 0.15) is 17.3 Å². The van der Waals surface area contributed by atoms with E-state index >= 15 is 0 Å². The van der Waals surface area contributed by atoms with E-state index in [1.807, 2.05) is 0 Å². The normalized spacial score (nSPS) is 15.3. The predicted molar refractivity (Wildman–Crippen MR) is 98.9 cm³/mol. The molecule has 0 spiro atoms. The maximum absolute atomic E-state index is 12.2. The number of furan rings is 1. The maximum Gasteiger partial charge on any atom is 0.294 e. The SMILES string of the molecule is C#CCN1C(=O)S/C(=C\c2ccc(-c3cc([N+](=O)[O-])ccc3OC)o2)C1=O. The smallest absolute Gasteiger partial charge is 0.294 e. The van der Waals surface area contributed by atoms with Crippen molar-refractivity contribution in [3.8, 4) is 29.4 Å². The van der Waals surface area contributed by atoms with E-state index in [1.54, 1.807) is 12.1 Å². The number of nitrogens with zero attached hydrogens (tertiary/aromatic N) is 2. The fourth-order valence-corrected chi connectivity index (χ4v) is 3.25. The highest BCUT2D eigenvalue weighted by Gasteiger charge is 2.34. The fraction of sp³-hybridized carbons (Fsp3) is 0.111. The second-order valence-corrected chi connectivity index (χ2v) is 6.31. The number of nitro benzene ring substituents is 1. The van der Waals surface area contributed by atoms with E-state index in [9.17, 15) is 19.7 Å². The summed E-state index contributed by atoms with van der Waals surface area (Å²) in [4.78, 5) is 35.6. The van der Waals surface area contributed by atoms with Gasteiger partial charge in [-0.3, -0.25) is 24.6 Å². The summed E-state index contributed by atoms with van der Waals surface area (Å²) in [6.07, 6.45) is 6.58. The third-order valence-electron chi connectivity index (χ3n) is 3.68.